The van der Waals surface area contributed by atoms with Crippen molar-refractivity contribution in [3.8, 4) is 0 Å². The molecule has 2 aliphatic rings. The number of carbonyl (C=O) groups is 3. The van der Waals surface area contributed by atoms with E-state index in [9.17, 15) is 14.4 Å². The molecule has 160 valence electrons. The summed E-state index contributed by atoms with van der Waals surface area (Å²) in [5.74, 6) is -0.580. The Kier molecular flexibility index (Phi) is 6.31. The third kappa shape index (κ3) is 4.19. The van der Waals surface area contributed by atoms with E-state index in [1.54, 1.807) is 6.07 Å². The Morgan fingerprint density at radius 3 is 2.80 bits per heavy atom. The second-order valence-electron chi connectivity index (χ2n) is 7.70. The molecule has 0 bridgehead atoms. The van der Waals surface area contributed by atoms with Crippen LogP contribution in [0.1, 0.15) is 51.7 Å². The van der Waals surface area contributed by atoms with Crippen LogP contribution in [0.4, 0.5) is 5.13 Å². The third-order valence-corrected chi connectivity index (χ3v) is 7.86. The number of Topliss-reactive ketones (excluding diaryl/α,β-unsaturated/α-hetero) is 1. The molecule has 2 aromatic rings. The summed E-state index contributed by atoms with van der Waals surface area (Å²) in [4.78, 5) is 48.0. The van der Waals surface area contributed by atoms with Crippen LogP contribution in [0, 0.1) is 5.92 Å². The number of likely N-dealkylation sites (N-methyl/N-ethyl adjacent to an activating group) is 1. The molecule has 2 amide bonds. The summed E-state index contributed by atoms with van der Waals surface area (Å²) in [6.45, 7) is 7.73. The SMILES string of the molecule is CCN(CC)C1CCN(C(=O)C2CC(=O)c3sc(NC(=O)c4cccs4)nc3C2)C1. The number of carbonyl (C=O) groups excluding carboxylic acids is 3. The van der Waals surface area contributed by atoms with E-state index in [1.807, 2.05) is 16.3 Å². The average molecular weight is 447 g/mol. The Hall–Kier alpha value is -2.10. The van der Waals surface area contributed by atoms with E-state index in [-0.39, 0.29) is 29.9 Å². The van der Waals surface area contributed by atoms with Crippen molar-refractivity contribution in [1.29, 1.82) is 0 Å². The lowest BCUT2D eigenvalue weighted by atomic mass is 9.89. The third-order valence-electron chi connectivity index (χ3n) is 5.94. The van der Waals surface area contributed by atoms with Crippen molar-refractivity contribution in [1.82, 2.24) is 14.8 Å². The van der Waals surface area contributed by atoms with E-state index in [2.05, 4.69) is 29.0 Å². The van der Waals surface area contributed by atoms with Crippen molar-refractivity contribution in [3.05, 3.63) is 33.0 Å². The second-order valence-corrected chi connectivity index (χ2v) is 9.65. The van der Waals surface area contributed by atoms with E-state index in [0.29, 0.717) is 33.0 Å². The van der Waals surface area contributed by atoms with Gasteiger partial charge in [0.1, 0.15) is 0 Å². The minimum Gasteiger partial charge on any atom is -0.341 e. The highest BCUT2D eigenvalue weighted by Crippen LogP contribution is 2.34. The molecular formula is C21H26N4O3S2. The Morgan fingerprint density at radius 2 is 2.10 bits per heavy atom. The summed E-state index contributed by atoms with van der Waals surface area (Å²) >= 11 is 2.56. The lowest BCUT2D eigenvalue weighted by molar-refractivity contribution is -0.134. The first-order valence-corrected chi connectivity index (χ1v) is 12.1. The molecule has 1 N–H and O–H groups in total. The molecule has 1 fully saturated rings. The molecule has 7 nitrogen and oxygen atoms in total. The molecule has 30 heavy (non-hydrogen) atoms. The zero-order valence-corrected chi connectivity index (χ0v) is 18.9. The molecule has 0 saturated carbocycles. The maximum Gasteiger partial charge on any atom is 0.267 e. The van der Waals surface area contributed by atoms with Gasteiger partial charge in [0.05, 0.1) is 21.4 Å². The zero-order valence-electron chi connectivity index (χ0n) is 17.2. The second kappa shape index (κ2) is 8.95. The number of thiophene rings is 1. The van der Waals surface area contributed by atoms with Gasteiger partial charge in [-0.25, -0.2) is 4.98 Å². The minimum absolute atomic E-state index is 0.0526. The first-order valence-electron chi connectivity index (χ1n) is 10.4. The van der Waals surface area contributed by atoms with Crippen LogP contribution in [0.3, 0.4) is 0 Å². The van der Waals surface area contributed by atoms with Crippen LogP contribution in [-0.4, -0.2) is 64.6 Å². The van der Waals surface area contributed by atoms with Gasteiger partial charge in [-0.05, 0) is 31.0 Å². The number of nitrogens with one attached hydrogen (secondary N) is 1. The highest BCUT2D eigenvalue weighted by molar-refractivity contribution is 7.18. The maximum absolute atomic E-state index is 13.1. The van der Waals surface area contributed by atoms with Crippen LogP contribution in [-0.2, 0) is 11.2 Å². The average Bonchev–Trinajstić information content (AvgIpc) is 3.49. The van der Waals surface area contributed by atoms with E-state index < -0.39 is 0 Å². The number of aromatic nitrogens is 1. The van der Waals surface area contributed by atoms with Crippen LogP contribution in [0.25, 0.3) is 0 Å². The number of hydrogen-bond acceptors (Lipinski definition) is 7. The summed E-state index contributed by atoms with van der Waals surface area (Å²) in [7, 11) is 0. The smallest absolute Gasteiger partial charge is 0.267 e. The largest absolute Gasteiger partial charge is 0.341 e. The van der Waals surface area contributed by atoms with E-state index in [4.69, 9.17) is 0 Å². The normalized spacial score (nSPS) is 21.2. The molecule has 0 aromatic carbocycles. The molecule has 1 aliphatic carbocycles. The van der Waals surface area contributed by atoms with Crippen molar-refractivity contribution in [3.63, 3.8) is 0 Å². The lowest BCUT2D eigenvalue weighted by Crippen LogP contribution is -2.41. The van der Waals surface area contributed by atoms with Crippen LogP contribution in [0.2, 0.25) is 0 Å². The van der Waals surface area contributed by atoms with Crippen LogP contribution in [0.5, 0.6) is 0 Å². The van der Waals surface area contributed by atoms with Gasteiger partial charge in [-0.15, -0.1) is 11.3 Å². The lowest BCUT2D eigenvalue weighted by Gasteiger charge is -2.28. The van der Waals surface area contributed by atoms with Gasteiger partial charge in [-0.2, -0.15) is 0 Å². The molecular weight excluding hydrogens is 420 g/mol. The Balaban J connectivity index is 1.42. The van der Waals surface area contributed by atoms with Gasteiger partial charge >= 0.3 is 0 Å². The molecule has 0 spiro atoms. The summed E-state index contributed by atoms with van der Waals surface area (Å²) in [6.07, 6.45) is 1.66. The fraction of sp³-hybridized carbons (Fsp3) is 0.524. The van der Waals surface area contributed by atoms with Gasteiger partial charge in [0.25, 0.3) is 5.91 Å². The summed E-state index contributed by atoms with van der Waals surface area (Å²) in [5.41, 5.74) is 0.635. The van der Waals surface area contributed by atoms with Gasteiger partial charge in [0.2, 0.25) is 5.91 Å². The van der Waals surface area contributed by atoms with Crippen molar-refractivity contribution in [2.24, 2.45) is 5.92 Å². The number of hydrogen-bond donors (Lipinski definition) is 1. The quantitative estimate of drug-likeness (QED) is 0.737. The number of amides is 2. The number of anilines is 1. The molecule has 9 heteroatoms. The van der Waals surface area contributed by atoms with Crippen LogP contribution >= 0.6 is 22.7 Å². The highest BCUT2D eigenvalue weighted by Gasteiger charge is 2.38. The number of thiazole rings is 1. The van der Waals surface area contributed by atoms with Crippen molar-refractivity contribution < 1.29 is 14.4 Å². The van der Waals surface area contributed by atoms with Crippen molar-refractivity contribution >= 4 is 45.4 Å². The van der Waals surface area contributed by atoms with Gasteiger partial charge in [0.15, 0.2) is 10.9 Å². The topological polar surface area (TPSA) is 82.6 Å². The first kappa shape index (κ1) is 21.1. The predicted octanol–water partition coefficient (Wildman–Crippen LogP) is 3.14. The summed E-state index contributed by atoms with van der Waals surface area (Å²) < 4.78 is 0. The predicted molar refractivity (Wildman–Crippen MR) is 118 cm³/mol. The monoisotopic (exact) mass is 446 g/mol. The number of ketones is 1. The molecule has 1 aliphatic heterocycles. The number of rotatable bonds is 6. The molecule has 1 saturated heterocycles. The maximum atomic E-state index is 13.1. The van der Waals surface area contributed by atoms with Crippen molar-refractivity contribution in [2.45, 2.75) is 39.2 Å². The fourth-order valence-corrected chi connectivity index (χ4v) is 5.92. The van der Waals surface area contributed by atoms with Gasteiger partial charge in [-0.1, -0.05) is 31.3 Å². The molecule has 4 rings (SSSR count). The Morgan fingerprint density at radius 1 is 1.30 bits per heavy atom. The first-order chi connectivity index (χ1) is 14.5. The molecule has 3 heterocycles. The van der Waals surface area contributed by atoms with E-state index >= 15 is 0 Å². The van der Waals surface area contributed by atoms with Gasteiger partial charge in [-0.3, -0.25) is 24.6 Å². The Labute approximate surface area is 184 Å². The van der Waals surface area contributed by atoms with Crippen LogP contribution in [0.15, 0.2) is 17.5 Å². The molecule has 2 unspecified atom stereocenters. The molecule has 2 aromatic heterocycles. The van der Waals surface area contributed by atoms with Gasteiger partial charge in [0, 0.05) is 32.0 Å². The summed E-state index contributed by atoms with van der Waals surface area (Å²) in [5, 5.41) is 5.04. The standard InChI is InChI=1S/C21H26N4O3S2/c1-3-24(4-2)14-7-8-25(12-14)20(28)13-10-15-18(16(26)11-13)30-21(22-15)23-19(27)17-6-5-9-29-17/h5-6,9,13-14H,3-4,7-8,10-12H2,1-2H3,(H,22,23,27). The molecule has 2 atom stereocenters. The van der Waals surface area contributed by atoms with E-state index in [0.717, 1.165) is 32.6 Å². The van der Waals surface area contributed by atoms with Gasteiger partial charge < -0.3 is 4.90 Å². The minimum atomic E-state index is -0.358. The van der Waals surface area contributed by atoms with Crippen molar-refractivity contribution in [2.75, 3.05) is 31.5 Å². The van der Waals surface area contributed by atoms with Crippen LogP contribution < -0.4 is 5.32 Å². The number of nitrogens with zero attached hydrogens (tertiary/aromatic N) is 3. The summed E-state index contributed by atoms with van der Waals surface area (Å²) in [6, 6.07) is 3.96. The Bertz CT molecular complexity index is 936. The number of fused-ring (bicyclic) bond motifs is 1. The molecule has 0 radical (unpaired) electrons. The highest BCUT2D eigenvalue weighted by atomic mass is 32.1. The zero-order chi connectivity index (χ0) is 21.3. The number of likely N-dealkylation sites (tertiary alicyclic amines) is 1. The fourth-order valence-electron chi connectivity index (χ4n) is 4.36. The van der Waals surface area contributed by atoms with E-state index in [1.165, 1.54) is 22.7 Å².